The van der Waals surface area contributed by atoms with E-state index in [-0.39, 0.29) is 5.91 Å². The molecule has 0 spiro atoms. The molecule has 2 N–H and O–H groups in total. The van der Waals surface area contributed by atoms with Gasteiger partial charge in [0.15, 0.2) is 11.5 Å². The van der Waals surface area contributed by atoms with Crippen LogP contribution in [0.4, 0.5) is 5.69 Å². The molecule has 33 heavy (non-hydrogen) atoms. The molecule has 0 bridgehead atoms. The van der Waals surface area contributed by atoms with E-state index in [1.165, 1.54) is 0 Å². The molecule has 0 aliphatic rings. The summed E-state index contributed by atoms with van der Waals surface area (Å²) in [5.74, 6) is 1.47. The van der Waals surface area contributed by atoms with E-state index in [9.17, 15) is 4.79 Å². The van der Waals surface area contributed by atoms with Crippen molar-refractivity contribution in [1.82, 2.24) is 5.32 Å². The lowest BCUT2D eigenvalue weighted by Gasteiger charge is -2.16. The summed E-state index contributed by atoms with van der Waals surface area (Å²) in [4.78, 5) is 12.4. The summed E-state index contributed by atoms with van der Waals surface area (Å²) in [5, 5.41) is 6.80. The number of carbonyl (C=O) groups excluding carboxylic acids is 1. The fraction of sp³-hybridized carbons (Fsp3) is 0.296. The van der Waals surface area contributed by atoms with E-state index >= 15 is 0 Å². The molecular weight excluding hydrogens is 436 g/mol. The highest BCUT2D eigenvalue weighted by Gasteiger charge is 2.13. The van der Waals surface area contributed by atoms with E-state index < -0.39 is 0 Å². The molecule has 3 aromatic carbocycles. The van der Waals surface area contributed by atoms with Crippen LogP contribution in [-0.4, -0.2) is 19.1 Å². The fourth-order valence-corrected chi connectivity index (χ4v) is 3.52. The zero-order valence-electron chi connectivity index (χ0n) is 19.4. The van der Waals surface area contributed by atoms with E-state index in [1.54, 1.807) is 0 Å². The first kappa shape index (κ1) is 24.5. The van der Waals surface area contributed by atoms with Gasteiger partial charge >= 0.3 is 0 Å². The van der Waals surface area contributed by atoms with Gasteiger partial charge in [0.2, 0.25) is 0 Å². The SMILES string of the molecule is CCOc1cc(CNc2cccc(C(=O)NCC(C)C)c2)cc(Cl)c1OCc1ccccc1. The summed E-state index contributed by atoms with van der Waals surface area (Å²) < 4.78 is 11.8. The van der Waals surface area contributed by atoms with Gasteiger partial charge in [-0.2, -0.15) is 0 Å². The summed E-state index contributed by atoms with van der Waals surface area (Å²) >= 11 is 6.56. The number of benzene rings is 3. The van der Waals surface area contributed by atoms with Gasteiger partial charge in [0.1, 0.15) is 6.61 Å². The van der Waals surface area contributed by atoms with Gasteiger partial charge in [0.05, 0.1) is 11.6 Å². The topological polar surface area (TPSA) is 59.6 Å². The Balaban J connectivity index is 1.68. The highest BCUT2D eigenvalue weighted by atomic mass is 35.5. The molecule has 0 heterocycles. The molecule has 0 atom stereocenters. The Labute approximate surface area is 201 Å². The largest absolute Gasteiger partial charge is 0.490 e. The van der Waals surface area contributed by atoms with Crippen LogP contribution in [0.1, 0.15) is 42.3 Å². The van der Waals surface area contributed by atoms with Crippen molar-refractivity contribution in [2.75, 3.05) is 18.5 Å². The van der Waals surface area contributed by atoms with E-state index in [2.05, 4.69) is 24.5 Å². The number of ether oxygens (including phenoxy) is 2. The maximum Gasteiger partial charge on any atom is 0.251 e. The molecule has 174 valence electrons. The molecule has 0 saturated heterocycles. The van der Waals surface area contributed by atoms with Gasteiger partial charge in [-0.3, -0.25) is 4.79 Å². The maximum atomic E-state index is 12.4. The predicted molar refractivity (Wildman–Crippen MR) is 134 cm³/mol. The van der Waals surface area contributed by atoms with Crippen LogP contribution in [0, 0.1) is 5.92 Å². The zero-order chi connectivity index (χ0) is 23.6. The van der Waals surface area contributed by atoms with Crippen LogP contribution in [0.5, 0.6) is 11.5 Å². The lowest BCUT2D eigenvalue weighted by atomic mass is 10.1. The Morgan fingerprint density at radius 3 is 2.48 bits per heavy atom. The zero-order valence-corrected chi connectivity index (χ0v) is 20.1. The Morgan fingerprint density at radius 2 is 1.76 bits per heavy atom. The minimum absolute atomic E-state index is 0.0751. The van der Waals surface area contributed by atoms with Crippen LogP contribution in [0.25, 0.3) is 0 Å². The number of carbonyl (C=O) groups is 1. The van der Waals surface area contributed by atoms with Crippen molar-refractivity contribution in [3.05, 3.63) is 88.4 Å². The third-order valence-electron chi connectivity index (χ3n) is 4.89. The number of nitrogens with one attached hydrogen (secondary N) is 2. The van der Waals surface area contributed by atoms with E-state index in [0.29, 0.717) is 54.3 Å². The molecule has 0 unspecified atom stereocenters. The number of halogens is 1. The molecule has 3 aromatic rings. The van der Waals surface area contributed by atoms with Crippen molar-refractivity contribution >= 4 is 23.2 Å². The smallest absolute Gasteiger partial charge is 0.251 e. The summed E-state index contributed by atoms with van der Waals surface area (Å²) in [7, 11) is 0. The number of hydrogen-bond donors (Lipinski definition) is 2. The first-order chi connectivity index (χ1) is 16.0. The van der Waals surface area contributed by atoms with E-state index in [0.717, 1.165) is 16.8 Å². The Bertz CT molecular complexity index is 1050. The molecule has 0 fully saturated rings. The third kappa shape index (κ3) is 7.43. The third-order valence-corrected chi connectivity index (χ3v) is 5.17. The molecule has 1 amide bonds. The summed E-state index contributed by atoms with van der Waals surface area (Å²) in [6, 6.07) is 21.2. The van der Waals surface area contributed by atoms with Crippen molar-refractivity contribution in [3.63, 3.8) is 0 Å². The normalized spacial score (nSPS) is 10.7. The molecule has 6 heteroatoms. The summed E-state index contributed by atoms with van der Waals surface area (Å²) in [5.41, 5.74) is 3.48. The van der Waals surface area contributed by atoms with E-state index in [4.69, 9.17) is 21.1 Å². The van der Waals surface area contributed by atoms with E-state index in [1.807, 2.05) is 73.7 Å². The molecule has 5 nitrogen and oxygen atoms in total. The molecule has 3 rings (SSSR count). The van der Waals surface area contributed by atoms with Gasteiger partial charge in [0.25, 0.3) is 5.91 Å². The van der Waals surface area contributed by atoms with Crippen molar-refractivity contribution in [2.45, 2.75) is 33.9 Å². The Hall–Kier alpha value is -3.18. The molecular formula is C27H31ClN2O3. The minimum atomic E-state index is -0.0751. The standard InChI is InChI=1S/C27H31ClN2O3/c1-4-32-25-14-21(13-24(28)26(25)33-18-20-9-6-5-7-10-20)17-29-23-12-8-11-22(15-23)27(31)30-16-19(2)3/h5-15,19,29H,4,16-18H2,1-3H3,(H,30,31). The average molecular weight is 467 g/mol. The van der Waals surface area contributed by atoms with Crippen LogP contribution >= 0.6 is 11.6 Å². The van der Waals surface area contributed by atoms with Crippen molar-refractivity contribution < 1.29 is 14.3 Å². The summed E-state index contributed by atoms with van der Waals surface area (Å²) in [6.07, 6.45) is 0. The highest BCUT2D eigenvalue weighted by molar-refractivity contribution is 6.32. The van der Waals surface area contributed by atoms with Gasteiger partial charge in [-0.05, 0) is 54.3 Å². The van der Waals surface area contributed by atoms with Gasteiger partial charge in [-0.1, -0.05) is 61.8 Å². The first-order valence-electron chi connectivity index (χ1n) is 11.2. The second-order valence-corrected chi connectivity index (χ2v) is 8.56. The van der Waals surface area contributed by atoms with Gasteiger partial charge in [-0.15, -0.1) is 0 Å². The van der Waals surface area contributed by atoms with Crippen LogP contribution < -0.4 is 20.1 Å². The second-order valence-electron chi connectivity index (χ2n) is 8.15. The number of amides is 1. The fourth-order valence-electron chi connectivity index (χ4n) is 3.23. The van der Waals surface area contributed by atoms with Crippen LogP contribution in [0.3, 0.4) is 0 Å². The van der Waals surface area contributed by atoms with Gasteiger partial charge < -0.3 is 20.1 Å². The summed E-state index contributed by atoms with van der Waals surface area (Å²) in [6.45, 7) is 8.14. The highest BCUT2D eigenvalue weighted by Crippen LogP contribution is 2.37. The van der Waals surface area contributed by atoms with Crippen LogP contribution in [-0.2, 0) is 13.2 Å². The molecule has 0 radical (unpaired) electrons. The molecule has 0 aliphatic carbocycles. The lowest BCUT2D eigenvalue weighted by Crippen LogP contribution is -2.27. The monoisotopic (exact) mass is 466 g/mol. The lowest BCUT2D eigenvalue weighted by molar-refractivity contribution is 0.0949. The second kappa shape index (κ2) is 12.2. The maximum absolute atomic E-state index is 12.4. The minimum Gasteiger partial charge on any atom is -0.490 e. The quantitative estimate of drug-likeness (QED) is 0.347. The first-order valence-corrected chi connectivity index (χ1v) is 11.6. The van der Waals surface area contributed by atoms with Gasteiger partial charge in [-0.25, -0.2) is 0 Å². The van der Waals surface area contributed by atoms with Crippen molar-refractivity contribution in [3.8, 4) is 11.5 Å². The Morgan fingerprint density at radius 1 is 0.970 bits per heavy atom. The van der Waals surface area contributed by atoms with Crippen LogP contribution in [0.15, 0.2) is 66.7 Å². The molecule has 0 aliphatic heterocycles. The molecule has 0 saturated carbocycles. The molecule has 0 aromatic heterocycles. The average Bonchev–Trinajstić information content (AvgIpc) is 2.81. The van der Waals surface area contributed by atoms with Crippen molar-refractivity contribution in [2.24, 2.45) is 5.92 Å². The predicted octanol–water partition coefficient (Wildman–Crippen LogP) is 6.32. The number of hydrogen-bond acceptors (Lipinski definition) is 4. The Kier molecular flexibility index (Phi) is 9.02. The van der Waals surface area contributed by atoms with Crippen LogP contribution in [0.2, 0.25) is 5.02 Å². The van der Waals surface area contributed by atoms with Crippen molar-refractivity contribution in [1.29, 1.82) is 0 Å². The van der Waals surface area contributed by atoms with Gasteiger partial charge in [0, 0.05) is 24.3 Å². The number of anilines is 1. The number of rotatable bonds is 11.